The molecule has 2 aliphatic carbocycles. The van der Waals surface area contributed by atoms with Gasteiger partial charge in [-0.3, -0.25) is 0 Å². The summed E-state index contributed by atoms with van der Waals surface area (Å²) >= 11 is 7.61. The molecule has 4 aromatic rings. The quantitative estimate of drug-likeness (QED) is 0.0815. The van der Waals surface area contributed by atoms with E-state index in [0.717, 1.165) is 18.6 Å². The van der Waals surface area contributed by atoms with Gasteiger partial charge in [0.1, 0.15) is 23.4 Å². The summed E-state index contributed by atoms with van der Waals surface area (Å²) in [4.78, 5) is 13.6. The van der Waals surface area contributed by atoms with Crippen LogP contribution in [0, 0.1) is 5.92 Å². The van der Waals surface area contributed by atoms with Gasteiger partial charge in [-0.1, -0.05) is 91.0 Å². The van der Waals surface area contributed by atoms with Gasteiger partial charge in [-0.05, 0) is 78.2 Å². The largest absolute Gasteiger partial charge is 0.508 e. The summed E-state index contributed by atoms with van der Waals surface area (Å²) < 4.78 is 12.1. The number of phenolic OH excluding ortho intramolecular Hbond substituents is 1. The van der Waals surface area contributed by atoms with Crippen LogP contribution in [-0.2, 0) is 15.1 Å². The molecule has 51 heavy (non-hydrogen) atoms. The van der Waals surface area contributed by atoms with E-state index in [-0.39, 0.29) is 16.3 Å². The molecule has 256 valence electrons. The zero-order valence-electron chi connectivity index (χ0n) is 27.6. The fraction of sp³-hybridized carbons (Fsp3) is 0.190. The molecule has 1 spiro atoms. The summed E-state index contributed by atoms with van der Waals surface area (Å²) in [6.45, 7) is 0.615. The molecule has 4 aromatic carbocycles. The average molecular weight is 713 g/mol. The number of aromatic hydroxyl groups is 1. The molecule has 7 nitrogen and oxygen atoms in total. The van der Waals surface area contributed by atoms with Gasteiger partial charge in [-0.25, -0.2) is 4.79 Å². The topological polar surface area (TPSA) is 100 Å². The molecule has 9 heteroatoms. The molecule has 0 saturated carbocycles. The molecular weight excluding hydrogens is 677 g/mol. The van der Waals surface area contributed by atoms with Gasteiger partial charge in [0.2, 0.25) is 0 Å². The van der Waals surface area contributed by atoms with Crippen molar-refractivity contribution < 1.29 is 24.5 Å². The molecule has 3 unspecified atom stereocenters. The van der Waals surface area contributed by atoms with Gasteiger partial charge in [0.15, 0.2) is 10.7 Å². The third-order valence-corrected chi connectivity index (χ3v) is 11.7. The summed E-state index contributed by atoms with van der Waals surface area (Å²) in [6.07, 6.45) is 13.3. The van der Waals surface area contributed by atoms with E-state index in [1.807, 2.05) is 30.0 Å². The van der Waals surface area contributed by atoms with Crippen molar-refractivity contribution in [3.8, 4) is 11.5 Å². The predicted molar refractivity (Wildman–Crippen MR) is 205 cm³/mol. The number of aliphatic hydroxyl groups is 1. The van der Waals surface area contributed by atoms with Crippen molar-refractivity contribution in [2.45, 2.75) is 29.3 Å². The first-order valence-electron chi connectivity index (χ1n) is 17.0. The van der Waals surface area contributed by atoms with Gasteiger partial charge >= 0.3 is 5.97 Å². The molecule has 2 heterocycles. The van der Waals surface area contributed by atoms with Crippen LogP contribution in [0.5, 0.6) is 11.5 Å². The SMILES string of the molecule is O=C1OC2(c3ccc(O)cc3OC3C=C(O)C=CC32)c2ccc(NC(=S)NCCSC(C3=CCCC=C3)(c3ccccc3)c3ccccc3)cc21. The molecule has 4 aliphatic rings. The van der Waals surface area contributed by atoms with Crippen molar-refractivity contribution in [1.82, 2.24) is 5.32 Å². The first kappa shape index (κ1) is 32.9. The maximum Gasteiger partial charge on any atom is 0.339 e. The number of hydrogen-bond acceptors (Lipinski definition) is 7. The van der Waals surface area contributed by atoms with Crippen LogP contribution < -0.4 is 15.4 Å². The predicted octanol–water partition coefficient (Wildman–Crippen LogP) is 8.43. The monoisotopic (exact) mass is 712 g/mol. The van der Waals surface area contributed by atoms with E-state index >= 15 is 0 Å². The lowest BCUT2D eigenvalue weighted by Crippen LogP contribution is -2.48. The Kier molecular flexibility index (Phi) is 8.69. The van der Waals surface area contributed by atoms with Gasteiger partial charge in [0.25, 0.3) is 0 Å². The fourth-order valence-corrected chi connectivity index (χ4v) is 9.34. The molecule has 3 atom stereocenters. The van der Waals surface area contributed by atoms with Gasteiger partial charge < -0.3 is 30.3 Å². The van der Waals surface area contributed by atoms with Crippen LogP contribution in [-0.4, -0.2) is 39.7 Å². The molecule has 4 N–H and O–H groups in total. The van der Waals surface area contributed by atoms with Crippen molar-refractivity contribution in [3.63, 3.8) is 0 Å². The normalized spacial score (nSPS) is 21.4. The smallest absolute Gasteiger partial charge is 0.339 e. The third kappa shape index (κ3) is 5.80. The number of hydrogen-bond donors (Lipinski definition) is 4. The Labute approximate surface area is 306 Å². The summed E-state index contributed by atoms with van der Waals surface area (Å²) in [5.41, 5.74) is 4.92. The van der Waals surface area contributed by atoms with Crippen LogP contribution in [0.4, 0.5) is 5.69 Å². The van der Waals surface area contributed by atoms with Crippen molar-refractivity contribution in [1.29, 1.82) is 0 Å². The fourth-order valence-electron chi connectivity index (χ4n) is 7.69. The molecule has 0 saturated heterocycles. The number of allylic oxidation sites excluding steroid dienone is 4. The van der Waals surface area contributed by atoms with Crippen LogP contribution >= 0.6 is 24.0 Å². The Morgan fingerprint density at radius 3 is 2.39 bits per heavy atom. The number of thiocarbonyl (C=S) groups is 1. The number of carbonyl (C=O) groups excluding carboxylic acids is 1. The third-order valence-electron chi connectivity index (χ3n) is 9.88. The second-order valence-electron chi connectivity index (χ2n) is 12.9. The Hall–Kier alpha value is -5.25. The number of thioether (sulfide) groups is 1. The van der Waals surface area contributed by atoms with Crippen molar-refractivity contribution in [2.75, 3.05) is 17.6 Å². The van der Waals surface area contributed by atoms with Crippen LogP contribution in [0.2, 0.25) is 0 Å². The second-order valence-corrected chi connectivity index (χ2v) is 14.6. The standard InChI is InChI=1S/C42H36N2O5S2/c45-31-17-20-35-37(25-31)48-38-26-32(46)18-21-36(38)41(35)34-19-16-30(24-33(34)39(47)49-41)44-40(50)43-22-23-51-42(27-10-4-1-5-11-27,28-12-6-2-7-13-28)29-14-8-3-9-15-29/h1-2,4-8,10-21,24-26,35,37,45-46H,3,9,22-23H2,(H2,43,44,50). The highest BCUT2D eigenvalue weighted by Crippen LogP contribution is 2.56. The molecule has 0 bridgehead atoms. The van der Waals surface area contributed by atoms with Gasteiger partial charge in [-0.15, -0.1) is 11.8 Å². The zero-order chi connectivity index (χ0) is 35.0. The number of carbonyl (C=O) groups is 1. The number of fused-ring (bicyclic) bond motifs is 6. The minimum absolute atomic E-state index is 0.0270. The summed E-state index contributed by atoms with van der Waals surface area (Å²) in [5, 5.41) is 27.5. The number of phenols is 1. The van der Waals surface area contributed by atoms with E-state index < -0.39 is 23.6 Å². The lowest BCUT2D eigenvalue weighted by Gasteiger charge is -2.44. The highest BCUT2D eigenvalue weighted by atomic mass is 32.2. The molecule has 0 amide bonds. The van der Waals surface area contributed by atoms with E-state index in [0.29, 0.717) is 39.8 Å². The zero-order valence-corrected chi connectivity index (χ0v) is 29.3. The maximum absolute atomic E-state index is 13.6. The van der Waals surface area contributed by atoms with E-state index in [1.165, 1.54) is 22.8 Å². The Balaban J connectivity index is 1.01. The highest BCUT2D eigenvalue weighted by molar-refractivity contribution is 8.00. The summed E-state index contributed by atoms with van der Waals surface area (Å²) in [5.74, 6) is 0.341. The Morgan fingerprint density at radius 2 is 1.67 bits per heavy atom. The number of anilines is 1. The van der Waals surface area contributed by atoms with Crippen LogP contribution in [0.15, 0.2) is 145 Å². The number of nitrogens with one attached hydrogen (secondary N) is 2. The molecule has 2 aliphatic heterocycles. The van der Waals surface area contributed by atoms with Gasteiger partial charge in [0, 0.05) is 35.2 Å². The van der Waals surface area contributed by atoms with Crippen molar-refractivity contribution in [2.24, 2.45) is 5.92 Å². The first-order valence-corrected chi connectivity index (χ1v) is 18.4. The number of rotatable bonds is 8. The molecule has 8 rings (SSSR count). The second kappa shape index (κ2) is 13.5. The lowest BCUT2D eigenvalue weighted by molar-refractivity contribution is -0.0424. The summed E-state index contributed by atoms with van der Waals surface area (Å²) in [6, 6.07) is 31.7. The molecule has 0 radical (unpaired) electrons. The number of aliphatic hydroxyl groups excluding tert-OH is 1. The number of esters is 1. The van der Waals surface area contributed by atoms with E-state index in [2.05, 4.69) is 89.5 Å². The average Bonchev–Trinajstić information content (AvgIpc) is 3.43. The van der Waals surface area contributed by atoms with Gasteiger partial charge in [0.05, 0.1) is 16.2 Å². The lowest BCUT2D eigenvalue weighted by atomic mass is 9.70. The van der Waals surface area contributed by atoms with E-state index in [4.69, 9.17) is 21.7 Å². The van der Waals surface area contributed by atoms with Crippen LogP contribution in [0.1, 0.15) is 45.5 Å². The highest BCUT2D eigenvalue weighted by Gasteiger charge is 2.58. The Bertz CT molecular complexity index is 2090. The van der Waals surface area contributed by atoms with Crippen LogP contribution in [0.25, 0.3) is 0 Å². The molecular formula is C42H36N2O5S2. The van der Waals surface area contributed by atoms with Gasteiger partial charge in [-0.2, -0.15) is 0 Å². The number of ether oxygens (including phenoxy) is 2. The summed E-state index contributed by atoms with van der Waals surface area (Å²) in [7, 11) is 0. The van der Waals surface area contributed by atoms with E-state index in [1.54, 1.807) is 30.4 Å². The minimum Gasteiger partial charge on any atom is -0.508 e. The van der Waals surface area contributed by atoms with Crippen molar-refractivity contribution in [3.05, 3.63) is 173 Å². The molecule has 0 aromatic heterocycles. The van der Waals surface area contributed by atoms with Crippen molar-refractivity contribution >= 4 is 40.7 Å². The number of benzene rings is 4. The molecule has 0 fully saturated rings. The minimum atomic E-state index is -1.20. The first-order chi connectivity index (χ1) is 24.9. The maximum atomic E-state index is 13.6. The van der Waals surface area contributed by atoms with Crippen LogP contribution in [0.3, 0.4) is 0 Å². The van der Waals surface area contributed by atoms with E-state index in [9.17, 15) is 15.0 Å². The Morgan fingerprint density at radius 1 is 0.922 bits per heavy atom.